The molecule has 2 heterocycles. The molecule has 0 fully saturated rings. The molecule has 0 bridgehead atoms. The van der Waals surface area contributed by atoms with Crippen molar-refractivity contribution in [2.75, 3.05) is 7.11 Å². The highest BCUT2D eigenvalue weighted by atomic mass is 32.1. The van der Waals surface area contributed by atoms with Gasteiger partial charge in [0.1, 0.15) is 5.75 Å². The van der Waals surface area contributed by atoms with Crippen LogP contribution in [0.4, 0.5) is 0 Å². The minimum Gasteiger partial charge on any atom is -0.497 e. The molecule has 0 N–H and O–H groups in total. The Bertz CT molecular complexity index is 1560. The number of methoxy groups -OCH3 is 1. The zero-order valence-electron chi connectivity index (χ0n) is 18.2. The Hall–Kier alpha value is -3.70. The first kappa shape index (κ1) is 19.9. The van der Waals surface area contributed by atoms with E-state index in [2.05, 4.69) is 36.4 Å². The summed E-state index contributed by atoms with van der Waals surface area (Å²) in [4.78, 5) is 19.5. The van der Waals surface area contributed by atoms with Crippen molar-refractivity contribution in [2.45, 2.75) is 18.9 Å². The number of hydrogen-bond donors (Lipinski definition) is 0. The van der Waals surface area contributed by atoms with Crippen molar-refractivity contribution in [3.63, 3.8) is 0 Å². The number of ether oxygens (including phenoxy) is 1. The Morgan fingerprint density at radius 3 is 2.52 bits per heavy atom. The van der Waals surface area contributed by atoms with Crippen molar-refractivity contribution in [3.8, 4) is 5.75 Å². The number of rotatable bonds is 3. The number of hydrogen-bond acceptors (Lipinski definition) is 4. The SMILES string of the molecule is COc1ccc([C@@H]2C3=C(N=c4s/c(=C\c5ccccc5)c(=O)n42)c2ccccc2CC3)cc1. The summed E-state index contributed by atoms with van der Waals surface area (Å²) < 4.78 is 7.95. The van der Waals surface area contributed by atoms with Gasteiger partial charge >= 0.3 is 0 Å². The Morgan fingerprint density at radius 1 is 0.970 bits per heavy atom. The molecule has 1 aliphatic carbocycles. The molecule has 5 heteroatoms. The highest BCUT2D eigenvalue weighted by Gasteiger charge is 2.32. The molecule has 3 aromatic carbocycles. The lowest BCUT2D eigenvalue weighted by Gasteiger charge is -2.30. The van der Waals surface area contributed by atoms with E-state index in [1.807, 2.05) is 53.1 Å². The van der Waals surface area contributed by atoms with Crippen LogP contribution in [0.1, 0.15) is 34.7 Å². The summed E-state index contributed by atoms with van der Waals surface area (Å²) in [6.07, 6.45) is 3.80. The molecule has 0 spiro atoms. The summed E-state index contributed by atoms with van der Waals surface area (Å²) >= 11 is 1.46. The van der Waals surface area contributed by atoms with Crippen LogP contribution in [0.15, 0.2) is 94.2 Å². The fourth-order valence-electron chi connectivity index (χ4n) is 4.81. The van der Waals surface area contributed by atoms with E-state index in [4.69, 9.17) is 9.73 Å². The predicted molar refractivity (Wildman–Crippen MR) is 132 cm³/mol. The summed E-state index contributed by atoms with van der Waals surface area (Å²) in [5.74, 6) is 0.804. The van der Waals surface area contributed by atoms with Gasteiger partial charge in [0.25, 0.3) is 5.56 Å². The first-order chi connectivity index (χ1) is 16.2. The Balaban J connectivity index is 1.62. The molecule has 0 amide bonds. The van der Waals surface area contributed by atoms with Crippen molar-refractivity contribution in [2.24, 2.45) is 4.99 Å². The second kappa shape index (κ2) is 8.01. The van der Waals surface area contributed by atoms with E-state index in [9.17, 15) is 4.79 Å². The van der Waals surface area contributed by atoms with E-state index in [0.717, 1.165) is 40.2 Å². The molecule has 6 rings (SSSR count). The molecule has 162 valence electrons. The minimum atomic E-state index is -0.173. The molecule has 4 nitrogen and oxygen atoms in total. The summed E-state index contributed by atoms with van der Waals surface area (Å²) in [7, 11) is 1.67. The van der Waals surface area contributed by atoms with Crippen LogP contribution >= 0.6 is 11.3 Å². The van der Waals surface area contributed by atoms with E-state index in [1.54, 1.807) is 7.11 Å². The summed E-state index contributed by atoms with van der Waals surface area (Å²) in [6.45, 7) is 0. The van der Waals surface area contributed by atoms with E-state index in [-0.39, 0.29) is 11.6 Å². The van der Waals surface area contributed by atoms with Gasteiger partial charge in [-0.05, 0) is 53.3 Å². The van der Waals surface area contributed by atoms with Crippen LogP contribution in [-0.4, -0.2) is 11.7 Å². The quantitative estimate of drug-likeness (QED) is 0.466. The third-order valence-electron chi connectivity index (χ3n) is 6.40. The van der Waals surface area contributed by atoms with E-state index >= 15 is 0 Å². The smallest absolute Gasteiger partial charge is 0.271 e. The van der Waals surface area contributed by atoms with Gasteiger partial charge in [0.05, 0.1) is 23.4 Å². The van der Waals surface area contributed by atoms with Crippen molar-refractivity contribution < 1.29 is 4.74 Å². The van der Waals surface area contributed by atoms with Gasteiger partial charge < -0.3 is 4.74 Å². The summed E-state index contributed by atoms with van der Waals surface area (Å²) in [5.41, 5.74) is 6.81. The number of nitrogens with zero attached hydrogens (tertiary/aromatic N) is 2. The number of thiazole rings is 1. The minimum absolute atomic E-state index is 0.00818. The van der Waals surface area contributed by atoms with Gasteiger partial charge in [0.15, 0.2) is 4.80 Å². The third kappa shape index (κ3) is 3.36. The molecular weight excluding hydrogens is 428 g/mol. The Morgan fingerprint density at radius 2 is 1.73 bits per heavy atom. The summed E-state index contributed by atoms with van der Waals surface area (Å²) in [6, 6.07) is 26.3. The number of benzene rings is 3. The normalized spacial score (nSPS) is 17.1. The van der Waals surface area contributed by atoms with Crippen LogP contribution in [0, 0.1) is 0 Å². The van der Waals surface area contributed by atoms with Crippen LogP contribution in [0.5, 0.6) is 5.75 Å². The maximum atomic E-state index is 13.7. The van der Waals surface area contributed by atoms with Crippen molar-refractivity contribution in [1.82, 2.24) is 4.57 Å². The maximum absolute atomic E-state index is 13.7. The lowest BCUT2D eigenvalue weighted by molar-refractivity contribution is 0.414. The Kier molecular flexibility index (Phi) is 4.84. The van der Waals surface area contributed by atoms with Gasteiger partial charge in [0.2, 0.25) is 0 Å². The van der Waals surface area contributed by atoms with Gasteiger partial charge in [-0.15, -0.1) is 0 Å². The zero-order chi connectivity index (χ0) is 22.4. The van der Waals surface area contributed by atoms with E-state index in [0.29, 0.717) is 4.53 Å². The average molecular weight is 451 g/mol. The number of aromatic nitrogens is 1. The maximum Gasteiger partial charge on any atom is 0.271 e. The van der Waals surface area contributed by atoms with Crippen LogP contribution in [0.2, 0.25) is 0 Å². The largest absolute Gasteiger partial charge is 0.497 e. The molecule has 1 aliphatic heterocycles. The van der Waals surface area contributed by atoms with Gasteiger partial charge in [-0.1, -0.05) is 78.1 Å². The standard InChI is InChI=1S/C28H22N2O2S/c1-32-21-14-11-20(12-15-21)26-23-16-13-19-9-5-6-10-22(19)25(23)29-28-30(26)27(31)24(33-28)17-18-7-3-2-4-8-18/h2-12,14-15,17,26H,13,16H2,1H3/b24-17-/t26-/m1/s1. The average Bonchev–Trinajstić information content (AvgIpc) is 3.18. The molecule has 4 aromatic rings. The molecule has 1 atom stereocenters. The predicted octanol–water partition coefficient (Wildman–Crippen LogP) is 4.33. The van der Waals surface area contributed by atoms with Gasteiger partial charge in [0, 0.05) is 5.56 Å². The molecule has 0 radical (unpaired) electrons. The third-order valence-corrected chi connectivity index (χ3v) is 7.38. The van der Waals surface area contributed by atoms with Gasteiger partial charge in [-0.2, -0.15) is 0 Å². The van der Waals surface area contributed by atoms with Crippen molar-refractivity contribution in [3.05, 3.63) is 126 Å². The molecule has 0 unspecified atom stereocenters. The highest BCUT2D eigenvalue weighted by molar-refractivity contribution is 7.07. The monoisotopic (exact) mass is 450 g/mol. The molecule has 1 aromatic heterocycles. The topological polar surface area (TPSA) is 43.6 Å². The fourth-order valence-corrected chi connectivity index (χ4v) is 5.81. The van der Waals surface area contributed by atoms with Crippen molar-refractivity contribution in [1.29, 1.82) is 0 Å². The van der Waals surface area contributed by atoms with Gasteiger partial charge in [-0.25, -0.2) is 4.99 Å². The molecular formula is C28H22N2O2S. The van der Waals surface area contributed by atoms with Crippen LogP contribution < -0.4 is 19.6 Å². The van der Waals surface area contributed by atoms with E-state index < -0.39 is 0 Å². The highest BCUT2D eigenvalue weighted by Crippen LogP contribution is 2.41. The fraction of sp³-hybridized carbons (Fsp3) is 0.143. The molecule has 0 saturated carbocycles. The van der Waals surface area contributed by atoms with Gasteiger partial charge in [-0.3, -0.25) is 9.36 Å². The van der Waals surface area contributed by atoms with Crippen LogP contribution in [0.3, 0.4) is 0 Å². The van der Waals surface area contributed by atoms with Crippen molar-refractivity contribution >= 4 is 23.1 Å². The number of allylic oxidation sites excluding steroid dienone is 1. The lowest BCUT2D eigenvalue weighted by atomic mass is 9.83. The molecule has 33 heavy (non-hydrogen) atoms. The number of aryl methyl sites for hydroxylation is 1. The first-order valence-corrected chi connectivity index (χ1v) is 11.9. The zero-order valence-corrected chi connectivity index (χ0v) is 19.0. The second-order valence-electron chi connectivity index (χ2n) is 8.30. The first-order valence-electron chi connectivity index (χ1n) is 11.0. The van der Waals surface area contributed by atoms with Crippen LogP contribution in [-0.2, 0) is 6.42 Å². The second-order valence-corrected chi connectivity index (χ2v) is 9.31. The van der Waals surface area contributed by atoms with E-state index in [1.165, 1.54) is 28.0 Å². The van der Waals surface area contributed by atoms with Crippen LogP contribution in [0.25, 0.3) is 11.8 Å². The Labute approximate surface area is 195 Å². The molecule has 2 aliphatic rings. The summed E-state index contributed by atoms with van der Waals surface area (Å²) in [5, 5.41) is 0. The molecule has 0 saturated heterocycles. The number of fused-ring (bicyclic) bond motifs is 3. The lowest BCUT2D eigenvalue weighted by Crippen LogP contribution is -2.38.